The predicted octanol–water partition coefficient (Wildman–Crippen LogP) is 3.50. The van der Waals surface area contributed by atoms with E-state index in [-0.39, 0.29) is 4.75 Å². The lowest BCUT2D eigenvalue weighted by atomic mass is 9.93. The number of pyridine rings is 1. The summed E-state index contributed by atoms with van der Waals surface area (Å²) in [5.74, 6) is 1.23. The van der Waals surface area contributed by atoms with E-state index < -0.39 is 11.4 Å². The van der Waals surface area contributed by atoms with E-state index in [0.29, 0.717) is 5.92 Å². The average Bonchev–Trinajstić information content (AvgIpc) is 3.18. The van der Waals surface area contributed by atoms with E-state index in [2.05, 4.69) is 15.4 Å². The van der Waals surface area contributed by atoms with Crippen LogP contribution in [0.15, 0.2) is 28.9 Å². The maximum Gasteiger partial charge on any atom is 0.144 e. The summed E-state index contributed by atoms with van der Waals surface area (Å²) in [4.78, 5) is 4.19. The number of hydrogen-bond acceptors (Lipinski definition) is 3. The van der Waals surface area contributed by atoms with Crippen LogP contribution in [0.25, 0.3) is 0 Å². The van der Waals surface area contributed by atoms with Crippen LogP contribution in [0.2, 0.25) is 0 Å². The molecular weight excluding hydrogens is 256 g/mol. The van der Waals surface area contributed by atoms with Crippen molar-refractivity contribution in [3.63, 3.8) is 0 Å². The fourth-order valence-electron chi connectivity index (χ4n) is 2.08. The third-order valence-electron chi connectivity index (χ3n) is 3.36. The summed E-state index contributed by atoms with van der Waals surface area (Å²) in [5, 5.41) is 0. The number of aromatic nitrogens is 1. The first-order valence-corrected chi connectivity index (χ1v) is 7.93. The van der Waals surface area contributed by atoms with Crippen molar-refractivity contribution >= 4 is 17.6 Å². The smallest absolute Gasteiger partial charge is 0.144 e. The predicted molar refractivity (Wildman–Crippen MR) is 80.7 cm³/mol. The first kappa shape index (κ1) is 14.5. The van der Waals surface area contributed by atoms with Crippen molar-refractivity contribution < 1.29 is 4.55 Å². The number of rotatable bonds is 5. The highest BCUT2D eigenvalue weighted by Gasteiger charge is 2.32. The summed E-state index contributed by atoms with van der Waals surface area (Å²) in [6, 6.07) is 4.11. The Morgan fingerprint density at radius 2 is 2.26 bits per heavy atom. The molecule has 0 spiro atoms. The van der Waals surface area contributed by atoms with Crippen LogP contribution in [0.3, 0.4) is 0 Å². The Balaban J connectivity index is 1.97. The summed E-state index contributed by atoms with van der Waals surface area (Å²) in [5.41, 5.74) is 1.28. The first-order chi connectivity index (χ1) is 8.98. The molecule has 0 radical (unpaired) electrons. The topological polar surface area (TPSA) is 48.3 Å². The van der Waals surface area contributed by atoms with Gasteiger partial charge in [0.1, 0.15) is 16.1 Å². The second kappa shape index (κ2) is 6.06. The molecule has 3 nitrogen and oxygen atoms in total. The van der Waals surface area contributed by atoms with Gasteiger partial charge in [-0.05, 0) is 63.5 Å². The van der Waals surface area contributed by atoms with E-state index in [1.54, 1.807) is 6.20 Å². The maximum absolute atomic E-state index is 11.9. The molecule has 1 aliphatic rings. The fraction of sp³-hybridized carbons (Fsp3) is 0.600. The van der Waals surface area contributed by atoms with Gasteiger partial charge in [0.05, 0.1) is 6.21 Å². The minimum absolute atomic E-state index is 0.278. The molecule has 0 aromatic carbocycles. The second-order valence-electron chi connectivity index (χ2n) is 6.12. The van der Waals surface area contributed by atoms with E-state index in [4.69, 9.17) is 0 Å². The summed E-state index contributed by atoms with van der Waals surface area (Å²) < 4.78 is 15.8. The molecule has 2 rings (SSSR count). The van der Waals surface area contributed by atoms with Gasteiger partial charge in [0.2, 0.25) is 0 Å². The molecule has 0 bridgehead atoms. The van der Waals surface area contributed by atoms with Crippen molar-refractivity contribution in [2.45, 2.75) is 50.7 Å². The SMILES string of the molecule is CC(C)(C)[S+]([O-])N=CC[C@H](c1cccnc1)C1CC1. The molecule has 4 heteroatoms. The van der Waals surface area contributed by atoms with Crippen LogP contribution >= 0.6 is 0 Å². The number of nitrogens with zero attached hydrogens (tertiary/aromatic N) is 2. The summed E-state index contributed by atoms with van der Waals surface area (Å²) in [6.45, 7) is 5.83. The molecule has 1 aliphatic carbocycles. The molecule has 19 heavy (non-hydrogen) atoms. The Morgan fingerprint density at radius 1 is 1.53 bits per heavy atom. The summed E-state index contributed by atoms with van der Waals surface area (Å²) in [7, 11) is 0. The lowest BCUT2D eigenvalue weighted by Gasteiger charge is -2.18. The van der Waals surface area contributed by atoms with E-state index >= 15 is 0 Å². The van der Waals surface area contributed by atoms with Crippen LogP contribution in [0.1, 0.15) is 51.5 Å². The molecule has 0 saturated heterocycles. The average molecular weight is 278 g/mol. The maximum atomic E-state index is 11.9. The highest BCUT2D eigenvalue weighted by Crippen LogP contribution is 2.43. The van der Waals surface area contributed by atoms with Gasteiger partial charge in [0.25, 0.3) is 0 Å². The molecule has 104 valence electrons. The van der Waals surface area contributed by atoms with Gasteiger partial charge in [-0.3, -0.25) is 4.98 Å². The van der Waals surface area contributed by atoms with Crippen molar-refractivity contribution in [2.24, 2.45) is 10.3 Å². The van der Waals surface area contributed by atoms with Gasteiger partial charge >= 0.3 is 0 Å². The van der Waals surface area contributed by atoms with Gasteiger partial charge in [0.15, 0.2) is 0 Å². The molecule has 1 heterocycles. The molecule has 0 amide bonds. The van der Waals surface area contributed by atoms with Crippen LogP contribution in [-0.2, 0) is 11.4 Å². The van der Waals surface area contributed by atoms with E-state index in [9.17, 15) is 4.55 Å². The van der Waals surface area contributed by atoms with Gasteiger partial charge < -0.3 is 4.55 Å². The van der Waals surface area contributed by atoms with Crippen LogP contribution < -0.4 is 0 Å². The zero-order chi connectivity index (χ0) is 13.9. The Hall–Kier alpha value is -0.870. The molecule has 1 unspecified atom stereocenters. The van der Waals surface area contributed by atoms with Gasteiger partial charge in [-0.25, -0.2) is 0 Å². The molecule has 1 aromatic heterocycles. The second-order valence-corrected chi connectivity index (χ2v) is 8.05. The quantitative estimate of drug-likeness (QED) is 0.611. The third kappa shape index (κ3) is 4.32. The van der Waals surface area contributed by atoms with Crippen molar-refractivity contribution in [2.75, 3.05) is 0 Å². The van der Waals surface area contributed by atoms with Crippen molar-refractivity contribution in [1.82, 2.24) is 4.98 Å². The lowest BCUT2D eigenvalue weighted by Crippen LogP contribution is -2.25. The normalized spacial score (nSPS) is 19.6. The fourth-order valence-corrected chi connectivity index (χ4v) is 2.61. The lowest BCUT2D eigenvalue weighted by molar-refractivity contribution is 0.561. The Kier molecular flexibility index (Phi) is 4.63. The molecule has 0 aliphatic heterocycles. The summed E-state index contributed by atoms with van der Waals surface area (Å²) in [6.07, 6.45) is 9.02. The molecule has 2 atom stereocenters. The largest absolute Gasteiger partial charge is 0.591 e. The highest BCUT2D eigenvalue weighted by molar-refractivity contribution is 7.91. The minimum atomic E-state index is -1.15. The van der Waals surface area contributed by atoms with E-state index in [0.717, 1.165) is 12.3 Å². The van der Waals surface area contributed by atoms with Crippen molar-refractivity contribution in [3.05, 3.63) is 30.1 Å². The van der Waals surface area contributed by atoms with E-state index in [1.807, 2.05) is 39.2 Å². The van der Waals surface area contributed by atoms with Gasteiger partial charge in [-0.2, -0.15) is 0 Å². The number of hydrogen-bond donors (Lipinski definition) is 0. The third-order valence-corrected chi connectivity index (χ3v) is 4.75. The van der Waals surface area contributed by atoms with Gasteiger partial charge in [0, 0.05) is 12.4 Å². The molecule has 1 saturated carbocycles. The minimum Gasteiger partial charge on any atom is -0.591 e. The standard InChI is InChI=1S/C15H22N2OS/c1-15(2,3)19(18)17-10-8-14(12-6-7-12)13-5-4-9-16-11-13/h4-5,9-12,14H,6-8H2,1-3H3/t14-,19?/m0/s1. The Labute approximate surface area is 118 Å². The van der Waals surface area contributed by atoms with Crippen molar-refractivity contribution in [3.8, 4) is 0 Å². The van der Waals surface area contributed by atoms with Crippen LogP contribution in [0, 0.1) is 5.92 Å². The summed E-state index contributed by atoms with van der Waals surface area (Å²) >= 11 is -1.15. The first-order valence-electron chi connectivity index (χ1n) is 6.83. The molecule has 1 fully saturated rings. The van der Waals surface area contributed by atoms with E-state index in [1.165, 1.54) is 18.4 Å². The Morgan fingerprint density at radius 3 is 2.79 bits per heavy atom. The van der Waals surface area contributed by atoms with Crippen molar-refractivity contribution in [1.29, 1.82) is 0 Å². The van der Waals surface area contributed by atoms with Crippen LogP contribution in [0.4, 0.5) is 0 Å². The zero-order valence-electron chi connectivity index (χ0n) is 11.9. The van der Waals surface area contributed by atoms with Crippen LogP contribution in [0.5, 0.6) is 0 Å². The monoisotopic (exact) mass is 278 g/mol. The molecular formula is C15H22N2OS. The van der Waals surface area contributed by atoms with Gasteiger partial charge in [-0.1, -0.05) is 10.5 Å². The highest BCUT2D eigenvalue weighted by atomic mass is 32.2. The molecule has 0 N–H and O–H groups in total. The zero-order valence-corrected chi connectivity index (χ0v) is 12.7. The van der Waals surface area contributed by atoms with Crippen LogP contribution in [-0.4, -0.2) is 20.5 Å². The van der Waals surface area contributed by atoms with Gasteiger partial charge in [-0.15, -0.1) is 0 Å². The molecule has 1 aromatic rings. The Bertz CT molecular complexity index is 424.